The number of pyridine rings is 3. The van der Waals surface area contributed by atoms with Crippen molar-refractivity contribution in [2.45, 2.75) is 13.5 Å². The number of aryl methyl sites for hydroxylation is 1. The minimum atomic E-state index is 0.682. The number of benzene rings is 1. The van der Waals surface area contributed by atoms with Crippen molar-refractivity contribution in [3.05, 3.63) is 103 Å². The Morgan fingerprint density at radius 2 is 1.62 bits per heavy atom. The molecular weight excluding hydrogens is 358 g/mol. The summed E-state index contributed by atoms with van der Waals surface area (Å²) in [6.07, 6.45) is 8.92. The fourth-order valence-electron chi connectivity index (χ4n) is 3.46. The van der Waals surface area contributed by atoms with Crippen LogP contribution in [0.1, 0.15) is 11.1 Å². The molecule has 0 fully saturated rings. The van der Waals surface area contributed by atoms with Gasteiger partial charge in [-0.1, -0.05) is 30.3 Å². The number of imidazole rings is 1. The number of aromatic nitrogens is 5. The van der Waals surface area contributed by atoms with Crippen LogP contribution in [0.5, 0.6) is 0 Å². The van der Waals surface area contributed by atoms with Crippen LogP contribution in [0, 0.1) is 13.3 Å². The number of hydrogen-bond donors (Lipinski definition) is 0. The lowest BCUT2D eigenvalue weighted by Gasteiger charge is -2.05. The first-order valence-electron chi connectivity index (χ1n) is 9.50. The highest BCUT2D eigenvalue weighted by molar-refractivity contribution is 5.73. The maximum atomic E-state index is 4.51. The van der Waals surface area contributed by atoms with Gasteiger partial charge in [-0.05, 0) is 54.4 Å². The van der Waals surface area contributed by atoms with Gasteiger partial charge in [0.25, 0.3) is 0 Å². The number of hydrogen-bond acceptors (Lipinski definition) is 3. The van der Waals surface area contributed by atoms with E-state index < -0.39 is 0 Å². The van der Waals surface area contributed by atoms with Gasteiger partial charge in [0.15, 0.2) is 0 Å². The lowest BCUT2D eigenvalue weighted by molar-refractivity contribution is -0.667. The van der Waals surface area contributed by atoms with Crippen LogP contribution in [-0.2, 0) is 6.54 Å². The summed E-state index contributed by atoms with van der Waals surface area (Å²) in [5.41, 5.74) is 6.25. The molecule has 5 aromatic rings. The van der Waals surface area contributed by atoms with E-state index in [1.807, 2.05) is 59.4 Å². The van der Waals surface area contributed by atoms with Crippen LogP contribution in [0.15, 0.2) is 85.3 Å². The second kappa shape index (κ2) is 7.28. The lowest BCUT2D eigenvalue weighted by atomic mass is 10.1. The average molecular weight is 377 g/mol. The van der Waals surface area contributed by atoms with Crippen LogP contribution in [0.3, 0.4) is 0 Å². The number of rotatable bonds is 4. The Kier molecular flexibility index (Phi) is 4.33. The normalized spacial score (nSPS) is 11.1. The lowest BCUT2D eigenvalue weighted by Crippen LogP contribution is -2.33. The standard InChI is InChI=1S/C24H19N5/c1-18-9-12-25-20(14-18)21-15-19(10-13-26-21)16-28-17-29(24-8-4-5-11-27-24)23-7-3-2-6-22(23)28/h2-15H,16H2,1H3. The molecule has 0 atom stereocenters. The molecule has 0 radical (unpaired) electrons. The zero-order valence-corrected chi connectivity index (χ0v) is 16.0. The maximum Gasteiger partial charge on any atom is 0.245 e. The molecule has 5 rings (SSSR count). The van der Waals surface area contributed by atoms with E-state index in [4.69, 9.17) is 0 Å². The van der Waals surface area contributed by atoms with Gasteiger partial charge in [-0.2, -0.15) is 0 Å². The maximum absolute atomic E-state index is 4.51. The molecule has 0 aliphatic heterocycles. The molecule has 4 aromatic heterocycles. The van der Waals surface area contributed by atoms with Crippen LogP contribution in [-0.4, -0.2) is 19.5 Å². The van der Waals surface area contributed by atoms with Gasteiger partial charge < -0.3 is 9.13 Å². The van der Waals surface area contributed by atoms with Crippen molar-refractivity contribution in [3.8, 4) is 17.2 Å². The van der Waals surface area contributed by atoms with Crippen LogP contribution in [0.25, 0.3) is 28.2 Å². The molecule has 0 spiro atoms. The van der Waals surface area contributed by atoms with E-state index >= 15 is 0 Å². The fourth-order valence-corrected chi connectivity index (χ4v) is 3.46. The predicted octanol–water partition coefficient (Wildman–Crippen LogP) is 3.93. The molecular formula is C24H19N5. The number of para-hydroxylation sites is 2. The van der Waals surface area contributed by atoms with Crippen molar-refractivity contribution in [2.24, 2.45) is 0 Å². The summed E-state index contributed by atoms with van der Waals surface area (Å²) >= 11 is 0. The molecule has 0 bridgehead atoms. The third-order valence-electron chi connectivity index (χ3n) is 4.86. The molecule has 0 aliphatic carbocycles. The zero-order valence-electron chi connectivity index (χ0n) is 16.0. The summed E-state index contributed by atoms with van der Waals surface area (Å²) in [6.45, 7) is 2.74. The predicted molar refractivity (Wildman–Crippen MR) is 111 cm³/mol. The Labute approximate surface area is 169 Å². The highest BCUT2D eigenvalue weighted by Gasteiger charge is 2.11. The fraction of sp³-hybridized carbons (Fsp3) is 0.0833. The summed E-state index contributed by atoms with van der Waals surface area (Å²) in [6, 6.07) is 22.3. The van der Waals surface area contributed by atoms with Gasteiger partial charge in [0.05, 0.1) is 29.0 Å². The van der Waals surface area contributed by atoms with E-state index in [1.165, 1.54) is 5.56 Å². The van der Waals surface area contributed by atoms with Gasteiger partial charge in [0.2, 0.25) is 6.33 Å². The van der Waals surface area contributed by atoms with Crippen molar-refractivity contribution >= 4 is 11.0 Å². The van der Waals surface area contributed by atoms with Crippen LogP contribution in [0.4, 0.5) is 0 Å². The molecule has 29 heavy (non-hydrogen) atoms. The number of nitrogens with zero attached hydrogens (tertiary/aromatic N) is 5. The van der Waals surface area contributed by atoms with Gasteiger partial charge in [0.1, 0.15) is 5.82 Å². The molecule has 4 heterocycles. The largest absolute Gasteiger partial charge is 0.309 e. The number of fused-ring (bicyclic) bond motifs is 1. The third-order valence-corrected chi connectivity index (χ3v) is 4.86. The summed E-state index contributed by atoms with van der Waals surface area (Å²) in [5.74, 6) is 0.849. The molecule has 0 N–H and O–H groups in total. The van der Waals surface area contributed by atoms with Gasteiger partial charge in [-0.15, -0.1) is 0 Å². The third kappa shape index (κ3) is 3.38. The molecule has 5 nitrogen and oxygen atoms in total. The first kappa shape index (κ1) is 17.3. The Morgan fingerprint density at radius 1 is 0.828 bits per heavy atom. The van der Waals surface area contributed by atoms with Crippen molar-refractivity contribution in [1.29, 1.82) is 0 Å². The smallest absolute Gasteiger partial charge is 0.245 e. The summed E-state index contributed by atoms with van der Waals surface area (Å²) in [7, 11) is 0. The minimum Gasteiger partial charge on any atom is -0.309 e. The van der Waals surface area contributed by atoms with Crippen LogP contribution < -0.4 is 4.57 Å². The van der Waals surface area contributed by atoms with Crippen molar-refractivity contribution in [2.75, 3.05) is 0 Å². The highest BCUT2D eigenvalue weighted by atomic mass is 15.2. The summed E-state index contributed by atoms with van der Waals surface area (Å²) < 4.78 is 4.12. The molecule has 0 saturated heterocycles. The van der Waals surface area contributed by atoms with Gasteiger partial charge >= 0.3 is 0 Å². The molecule has 5 heteroatoms. The Bertz CT molecular complexity index is 1290. The Balaban J connectivity index is 1.56. The summed E-state index contributed by atoms with van der Waals surface area (Å²) in [5, 5.41) is 0. The SMILES string of the molecule is Cc1ccnc(-c2cc(C[n+]3[c-]n(-c4ccccn4)c4ccccc43)ccn2)c1. The van der Waals surface area contributed by atoms with Gasteiger partial charge in [0, 0.05) is 18.6 Å². The summed E-state index contributed by atoms with van der Waals surface area (Å²) in [4.78, 5) is 13.5. The van der Waals surface area contributed by atoms with E-state index in [1.54, 1.807) is 6.20 Å². The zero-order chi connectivity index (χ0) is 19.6. The van der Waals surface area contributed by atoms with Crippen molar-refractivity contribution < 1.29 is 4.57 Å². The molecule has 0 unspecified atom stereocenters. The Hall–Kier alpha value is -3.86. The average Bonchev–Trinajstić information content (AvgIpc) is 3.13. The first-order chi connectivity index (χ1) is 14.3. The molecule has 1 aromatic carbocycles. The highest BCUT2D eigenvalue weighted by Crippen LogP contribution is 2.18. The van der Waals surface area contributed by atoms with Gasteiger partial charge in [-0.3, -0.25) is 15.0 Å². The second-order valence-electron chi connectivity index (χ2n) is 6.97. The van der Waals surface area contributed by atoms with Crippen LogP contribution >= 0.6 is 0 Å². The first-order valence-corrected chi connectivity index (χ1v) is 9.50. The molecule has 140 valence electrons. The molecule has 0 amide bonds. The molecule has 0 aliphatic rings. The quantitative estimate of drug-likeness (QED) is 0.352. The molecule has 0 saturated carbocycles. The van der Waals surface area contributed by atoms with Gasteiger partial charge in [-0.25, -0.2) is 0 Å². The minimum absolute atomic E-state index is 0.682. The van der Waals surface area contributed by atoms with E-state index in [0.717, 1.165) is 33.8 Å². The Morgan fingerprint density at radius 3 is 2.45 bits per heavy atom. The second-order valence-corrected chi connectivity index (χ2v) is 6.97. The topological polar surface area (TPSA) is 47.5 Å². The van der Waals surface area contributed by atoms with Crippen LogP contribution in [0.2, 0.25) is 0 Å². The van der Waals surface area contributed by atoms with E-state index in [0.29, 0.717) is 6.54 Å². The van der Waals surface area contributed by atoms with E-state index in [2.05, 4.69) is 57.0 Å². The van der Waals surface area contributed by atoms with Crippen molar-refractivity contribution in [1.82, 2.24) is 19.5 Å². The van der Waals surface area contributed by atoms with Crippen molar-refractivity contribution in [3.63, 3.8) is 0 Å². The monoisotopic (exact) mass is 377 g/mol. The van der Waals surface area contributed by atoms with E-state index in [-0.39, 0.29) is 0 Å². The van der Waals surface area contributed by atoms with E-state index in [9.17, 15) is 0 Å².